The molecular formula is C18B2F8N6-2. The van der Waals surface area contributed by atoms with Crippen molar-refractivity contribution in [3.05, 3.63) is 46.5 Å². The molecule has 0 spiro atoms. The van der Waals surface area contributed by atoms with Gasteiger partial charge in [-0.05, 0) is 0 Å². The van der Waals surface area contributed by atoms with Crippen LogP contribution in [-0.4, -0.2) is 12.3 Å². The number of hydrogen-bond donors (Lipinski definition) is 0. The van der Waals surface area contributed by atoms with Crippen molar-refractivity contribution in [1.29, 1.82) is 31.6 Å². The molecule has 2 aromatic carbocycles. The second kappa shape index (κ2) is 8.47. The van der Waals surface area contributed by atoms with Crippen LogP contribution in [0.2, 0.25) is 0 Å². The Labute approximate surface area is 184 Å². The summed E-state index contributed by atoms with van der Waals surface area (Å²) >= 11 is 0. The van der Waals surface area contributed by atoms with Crippen LogP contribution in [-0.2, 0) is 0 Å². The minimum atomic E-state index is -4.26. The van der Waals surface area contributed by atoms with Crippen molar-refractivity contribution >= 4 is 23.2 Å². The monoisotopic (exact) mass is 474 g/mol. The molecule has 166 valence electrons. The smallest absolute Gasteiger partial charge is 0.246 e. The first-order valence-electron chi connectivity index (χ1n) is 8.41. The minimum absolute atomic E-state index is 0.880. The van der Waals surface area contributed by atoms with E-state index in [0.29, 0.717) is 0 Å². The predicted molar refractivity (Wildman–Crippen MR) is 96.0 cm³/mol. The molecule has 0 saturated carbocycles. The summed E-state index contributed by atoms with van der Waals surface area (Å²) in [6, 6.07) is 0. The molecule has 0 aliphatic heterocycles. The van der Waals surface area contributed by atoms with Crippen LogP contribution in [0.5, 0.6) is 0 Å². The molecule has 0 amide bonds. The Bertz CT molecular complexity index is 1290. The Balaban J connectivity index is 3.15. The lowest BCUT2D eigenvalue weighted by molar-refractivity contribution is 0.450. The van der Waals surface area contributed by atoms with Crippen molar-refractivity contribution in [2.24, 2.45) is 0 Å². The van der Waals surface area contributed by atoms with Gasteiger partial charge in [0.1, 0.15) is 23.3 Å². The van der Waals surface area contributed by atoms with E-state index in [1.54, 1.807) is 0 Å². The molecule has 0 radical (unpaired) electrons. The van der Waals surface area contributed by atoms with Gasteiger partial charge in [-0.15, -0.1) is 35.8 Å². The summed E-state index contributed by atoms with van der Waals surface area (Å²) in [6.07, 6.45) is -8.52. The molecule has 0 fully saturated rings. The summed E-state index contributed by atoms with van der Waals surface area (Å²) in [5.41, 5.74) is -8.82. The SMILES string of the molecule is N#C[B-](C#N)(C#N)c1c(F)c(F)c(-c2c(F)c(F)c([B-](C#N)(C#N)C#N)c(F)c2F)c(F)c1F. The number of hydrogen-bond acceptors (Lipinski definition) is 6. The molecular weight excluding hydrogens is 474 g/mol. The fourth-order valence-corrected chi connectivity index (χ4v) is 3.06. The molecule has 6 nitrogen and oxygen atoms in total. The fraction of sp³-hybridized carbons (Fsp3) is 0. The van der Waals surface area contributed by atoms with E-state index in [2.05, 4.69) is 0 Å². The molecule has 0 saturated heterocycles. The van der Waals surface area contributed by atoms with Crippen LogP contribution in [0.25, 0.3) is 11.1 Å². The third-order valence-electron chi connectivity index (χ3n) is 4.87. The lowest BCUT2D eigenvalue weighted by Crippen LogP contribution is -2.50. The topological polar surface area (TPSA) is 143 Å². The third-order valence-corrected chi connectivity index (χ3v) is 4.87. The highest BCUT2D eigenvalue weighted by Gasteiger charge is 2.41. The summed E-state index contributed by atoms with van der Waals surface area (Å²) in [5.74, 6) is -16.2. The second-order valence-corrected chi connectivity index (χ2v) is 6.60. The molecule has 0 aliphatic rings. The second-order valence-electron chi connectivity index (χ2n) is 6.60. The molecule has 0 aliphatic carbocycles. The van der Waals surface area contributed by atoms with Gasteiger partial charge < -0.3 is 0 Å². The number of halogens is 8. The van der Waals surface area contributed by atoms with Crippen molar-refractivity contribution in [2.75, 3.05) is 0 Å². The van der Waals surface area contributed by atoms with E-state index in [9.17, 15) is 35.1 Å². The zero-order chi connectivity index (χ0) is 26.2. The van der Waals surface area contributed by atoms with Gasteiger partial charge in [0, 0.05) is 0 Å². The van der Waals surface area contributed by atoms with E-state index in [0.717, 1.165) is 35.8 Å². The Morgan fingerprint density at radius 1 is 0.353 bits per heavy atom. The van der Waals surface area contributed by atoms with Gasteiger partial charge in [0.15, 0.2) is 23.3 Å². The standard InChI is InChI=1S/C18B2F8N6/c21-11-7(12(22)16(26)9(15(11)25)19(1-29,2-30)3-31)8-13(23)17(27)10(18(28)14(8)24)20(4-32,5-33)6-34/q-2. The summed E-state index contributed by atoms with van der Waals surface area (Å²) < 4.78 is 117. The molecule has 0 heterocycles. The van der Waals surface area contributed by atoms with Gasteiger partial charge in [0.2, 0.25) is 0 Å². The van der Waals surface area contributed by atoms with Crippen LogP contribution in [0.4, 0.5) is 35.1 Å². The number of benzene rings is 2. The molecule has 2 rings (SSSR count). The molecule has 0 N–H and O–H groups in total. The van der Waals surface area contributed by atoms with E-state index < -0.39 is 80.9 Å². The van der Waals surface area contributed by atoms with Crippen molar-refractivity contribution in [1.82, 2.24) is 0 Å². The van der Waals surface area contributed by atoms with Crippen LogP contribution in [0.3, 0.4) is 0 Å². The van der Waals surface area contributed by atoms with Gasteiger partial charge in [-0.1, -0.05) is 10.9 Å². The van der Waals surface area contributed by atoms with E-state index in [1.807, 2.05) is 0 Å². The van der Waals surface area contributed by atoms with Crippen molar-refractivity contribution in [2.45, 2.75) is 0 Å². The van der Waals surface area contributed by atoms with Gasteiger partial charge in [-0.25, -0.2) is 66.7 Å². The zero-order valence-corrected chi connectivity index (χ0v) is 15.9. The quantitative estimate of drug-likeness (QED) is 0.379. The van der Waals surface area contributed by atoms with E-state index in [-0.39, 0.29) is 0 Å². The van der Waals surface area contributed by atoms with Crippen LogP contribution in [0.15, 0.2) is 0 Å². The maximum atomic E-state index is 14.7. The molecule has 0 aromatic heterocycles. The lowest BCUT2D eigenvalue weighted by atomic mass is 9.24. The summed E-state index contributed by atoms with van der Waals surface area (Å²) in [7, 11) is 0. The first kappa shape index (κ1) is 25.2. The largest absolute Gasteiger partial charge is 0.327 e. The molecule has 0 unspecified atom stereocenters. The van der Waals surface area contributed by atoms with Crippen molar-refractivity contribution < 1.29 is 35.1 Å². The fourth-order valence-electron chi connectivity index (χ4n) is 3.06. The highest BCUT2D eigenvalue weighted by Crippen LogP contribution is 2.35. The third kappa shape index (κ3) is 3.06. The van der Waals surface area contributed by atoms with E-state index in [4.69, 9.17) is 31.6 Å². The van der Waals surface area contributed by atoms with Crippen LogP contribution in [0.1, 0.15) is 0 Å². The summed E-state index contributed by atoms with van der Waals surface area (Å²) in [4.78, 5) is 0. The first-order chi connectivity index (χ1) is 15.9. The van der Waals surface area contributed by atoms with Gasteiger partial charge in [-0.3, -0.25) is 0 Å². The maximum Gasteiger partial charge on any atom is 0.327 e. The van der Waals surface area contributed by atoms with Gasteiger partial charge in [0.05, 0.1) is 11.1 Å². The van der Waals surface area contributed by atoms with Gasteiger partial charge in [-0.2, -0.15) is 0 Å². The maximum absolute atomic E-state index is 14.7. The minimum Gasteiger partial charge on any atom is -0.246 e. The van der Waals surface area contributed by atoms with Crippen LogP contribution >= 0.6 is 0 Å². The molecule has 0 atom stereocenters. The van der Waals surface area contributed by atoms with Crippen LogP contribution in [0, 0.1) is 114 Å². The van der Waals surface area contributed by atoms with E-state index in [1.165, 1.54) is 0 Å². The molecule has 16 heteroatoms. The number of rotatable bonds is 3. The zero-order valence-electron chi connectivity index (χ0n) is 15.9. The van der Waals surface area contributed by atoms with Gasteiger partial charge in [0.25, 0.3) is 0 Å². The molecule has 0 bridgehead atoms. The van der Waals surface area contributed by atoms with Gasteiger partial charge >= 0.3 is 12.3 Å². The van der Waals surface area contributed by atoms with E-state index >= 15 is 0 Å². The average Bonchev–Trinajstić information content (AvgIpc) is 2.84. The molecule has 2 aromatic rings. The normalized spacial score (nSPS) is 10.8. The summed E-state index contributed by atoms with van der Waals surface area (Å²) in [5, 5.41) is 53.7. The lowest BCUT2D eigenvalue weighted by Gasteiger charge is -2.24. The Morgan fingerprint density at radius 2 is 0.529 bits per heavy atom. The number of nitrogens with zero attached hydrogens (tertiary/aromatic N) is 6. The highest BCUT2D eigenvalue weighted by molar-refractivity contribution is 7.09. The summed E-state index contributed by atoms with van der Waals surface area (Å²) in [6.45, 7) is 0. The Hall–Kier alpha value is -5.05. The number of nitriles is 6. The predicted octanol–water partition coefficient (Wildman–Crippen LogP) is 2.15. The van der Waals surface area contributed by atoms with Crippen molar-refractivity contribution in [3.63, 3.8) is 0 Å². The Morgan fingerprint density at radius 3 is 0.676 bits per heavy atom. The highest BCUT2D eigenvalue weighted by atomic mass is 19.2. The molecule has 34 heavy (non-hydrogen) atoms. The van der Waals surface area contributed by atoms with Crippen LogP contribution < -0.4 is 10.9 Å². The first-order valence-corrected chi connectivity index (χ1v) is 8.41. The average molecular weight is 474 g/mol. The van der Waals surface area contributed by atoms with Crippen molar-refractivity contribution in [3.8, 4) is 46.9 Å². The Kier molecular flexibility index (Phi) is 6.28.